The Labute approximate surface area is 158 Å². The molecule has 3 N–H and O–H groups in total. The molecule has 1 amide bonds. The molecule has 0 spiro atoms. The molecule has 0 bridgehead atoms. The fraction of sp³-hybridized carbons (Fsp3) is 0.278. The minimum Gasteiger partial charge on any atom is -0.497 e. The highest BCUT2D eigenvalue weighted by Crippen LogP contribution is 2.35. The van der Waals surface area contributed by atoms with Gasteiger partial charge in [0.05, 0.1) is 26.3 Å². The molecule has 2 atom stereocenters. The highest BCUT2D eigenvalue weighted by atomic mass is 35.5. The molecule has 0 aliphatic carbocycles. The van der Waals surface area contributed by atoms with E-state index in [1.54, 1.807) is 39.3 Å². The molecule has 0 heterocycles. The van der Waals surface area contributed by atoms with E-state index in [1.165, 1.54) is 0 Å². The number of benzene rings is 2. The Morgan fingerprint density at radius 1 is 1.12 bits per heavy atom. The maximum Gasteiger partial charge on any atom is 0.237 e. The molecule has 1 unspecified atom stereocenters. The summed E-state index contributed by atoms with van der Waals surface area (Å²) in [6.07, 6.45) is 0. The van der Waals surface area contributed by atoms with Crippen LogP contribution in [0.5, 0.6) is 11.5 Å². The SMILES string of the molecule is COc1ccc(C(NC(=O)[C@@H](C)N)c2ccccc2Cl)c(OC)c1.Cl. The Bertz CT molecular complexity index is 723. The van der Waals surface area contributed by atoms with Gasteiger partial charge in [0, 0.05) is 16.7 Å². The van der Waals surface area contributed by atoms with Crippen molar-refractivity contribution in [3.8, 4) is 11.5 Å². The standard InChI is InChI=1S/C18H21ClN2O3.ClH/c1-11(20)18(22)21-17(13-6-4-5-7-15(13)19)14-9-8-12(23-2)10-16(14)24-3;/h4-11,17H,20H2,1-3H3,(H,21,22);1H/t11-,17?;/m1./s1. The zero-order valence-electron chi connectivity index (χ0n) is 14.3. The van der Waals surface area contributed by atoms with Crippen molar-refractivity contribution in [2.24, 2.45) is 5.73 Å². The summed E-state index contributed by atoms with van der Waals surface area (Å²) in [6.45, 7) is 1.63. The number of amides is 1. The number of ether oxygens (including phenoxy) is 2. The van der Waals surface area contributed by atoms with Gasteiger partial charge < -0.3 is 20.5 Å². The van der Waals surface area contributed by atoms with Gasteiger partial charge in [-0.3, -0.25) is 4.79 Å². The first kappa shape index (κ1) is 21.1. The number of rotatable bonds is 6. The van der Waals surface area contributed by atoms with Gasteiger partial charge in [0.2, 0.25) is 5.91 Å². The van der Waals surface area contributed by atoms with Gasteiger partial charge in [0.15, 0.2) is 0 Å². The first-order valence-corrected chi connectivity index (χ1v) is 7.88. The average molecular weight is 385 g/mol. The number of hydrogen-bond acceptors (Lipinski definition) is 4. The Kier molecular flexibility index (Phi) is 8.03. The van der Waals surface area contributed by atoms with E-state index in [9.17, 15) is 4.79 Å². The van der Waals surface area contributed by atoms with Crippen LogP contribution in [0.1, 0.15) is 24.1 Å². The van der Waals surface area contributed by atoms with E-state index < -0.39 is 12.1 Å². The number of carbonyl (C=O) groups excluding carboxylic acids is 1. The van der Waals surface area contributed by atoms with Crippen LogP contribution in [-0.2, 0) is 4.79 Å². The molecule has 2 aromatic carbocycles. The van der Waals surface area contributed by atoms with Crippen LogP contribution in [-0.4, -0.2) is 26.2 Å². The van der Waals surface area contributed by atoms with E-state index in [1.807, 2.05) is 24.3 Å². The van der Waals surface area contributed by atoms with Crippen LogP contribution < -0.4 is 20.5 Å². The van der Waals surface area contributed by atoms with Crippen molar-refractivity contribution in [3.63, 3.8) is 0 Å². The van der Waals surface area contributed by atoms with Crippen LogP contribution in [0, 0.1) is 0 Å². The molecule has 2 aromatic rings. The first-order valence-electron chi connectivity index (χ1n) is 7.50. The van der Waals surface area contributed by atoms with E-state index in [4.69, 9.17) is 26.8 Å². The predicted octanol–water partition coefficient (Wildman–Crippen LogP) is 3.33. The zero-order chi connectivity index (χ0) is 17.7. The van der Waals surface area contributed by atoms with Crippen LogP contribution in [0.4, 0.5) is 0 Å². The van der Waals surface area contributed by atoms with Gasteiger partial charge in [0.1, 0.15) is 11.5 Å². The topological polar surface area (TPSA) is 73.6 Å². The molecule has 136 valence electrons. The Balaban J connectivity index is 0.00000312. The number of nitrogens with two attached hydrogens (primary N) is 1. The summed E-state index contributed by atoms with van der Waals surface area (Å²) in [4.78, 5) is 12.2. The number of carbonyl (C=O) groups is 1. The van der Waals surface area contributed by atoms with Crippen LogP contribution in [0.25, 0.3) is 0 Å². The predicted molar refractivity (Wildman–Crippen MR) is 102 cm³/mol. The second kappa shape index (κ2) is 9.51. The van der Waals surface area contributed by atoms with Crippen LogP contribution >= 0.6 is 24.0 Å². The van der Waals surface area contributed by atoms with Gasteiger partial charge >= 0.3 is 0 Å². The third kappa shape index (κ3) is 5.01. The molecule has 7 heteroatoms. The van der Waals surface area contributed by atoms with Crippen molar-refractivity contribution in [2.45, 2.75) is 19.0 Å². The lowest BCUT2D eigenvalue weighted by atomic mass is 9.97. The number of halogens is 2. The molecule has 0 radical (unpaired) electrons. The Morgan fingerprint density at radius 2 is 1.80 bits per heavy atom. The molecule has 0 fully saturated rings. The summed E-state index contributed by atoms with van der Waals surface area (Å²) in [7, 11) is 3.15. The van der Waals surface area contributed by atoms with Crippen molar-refractivity contribution >= 4 is 29.9 Å². The highest BCUT2D eigenvalue weighted by molar-refractivity contribution is 6.31. The monoisotopic (exact) mass is 384 g/mol. The lowest BCUT2D eigenvalue weighted by Crippen LogP contribution is -2.40. The lowest BCUT2D eigenvalue weighted by Gasteiger charge is -2.24. The largest absolute Gasteiger partial charge is 0.497 e. The van der Waals surface area contributed by atoms with Gasteiger partial charge in [-0.15, -0.1) is 12.4 Å². The van der Waals surface area contributed by atoms with E-state index >= 15 is 0 Å². The van der Waals surface area contributed by atoms with Gasteiger partial charge in [-0.05, 0) is 30.7 Å². The fourth-order valence-electron chi connectivity index (χ4n) is 2.36. The van der Waals surface area contributed by atoms with Gasteiger partial charge in [-0.25, -0.2) is 0 Å². The van der Waals surface area contributed by atoms with Crippen LogP contribution in [0.15, 0.2) is 42.5 Å². The third-order valence-corrected chi connectivity index (χ3v) is 4.01. The normalized spacial score (nSPS) is 12.5. The summed E-state index contributed by atoms with van der Waals surface area (Å²) in [6, 6.07) is 11.6. The van der Waals surface area contributed by atoms with Crippen LogP contribution in [0.3, 0.4) is 0 Å². The number of methoxy groups -OCH3 is 2. The maximum absolute atomic E-state index is 12.2. The minimum absolute atomic E-state index is 0. The summed E-state index contributed by atoms with van der Waals surface area (Å²) in [5, 5.41) is 3.48. The molecule has 0 saturated carbocycles. The summed E-state index contributed by atoms with van der Waals surface area (Å²) in [5.41, 5.74) is 7.22. The van der Waals surface area contributed by atoms with Crippen LogP contribution in [0.2, 0.25) is 5.02 Å². The van der Waals surface area contributed by atoms with E-state index in [0.29, 0.717) is 16.5 Å². The molecule has 5 nitrogen and oxygen atoms in total. The van der Waals surface area contributed by atoms with Crippen molar-refractivity contribution in [2.75, 3.05) is 14.2 Å². The summed E-state index contributed by atoms with van der Waals surface area (Å²) < 4.78 is 10.7. The molecule has 25 heavy (non-hydrogen) atoms. The lowest BCUT2D eigenvalue weighted by molar-refractivity contribution is -0.122. The molecule has 0 aliphatic rings. The molecule has 2 rings (SSSR count). The Hall–Kier alpha value is -1.95. The minimum atomic E-state index is -0.640. The summed E-state index contributed by atoms with van der Waals surface area (Å²) >= 11 is 6.34. The smallest absolute Gasteiger partial charge is 0.237 e. The second-order valence-electron chi connectivity index (χ2n) is 5.36. The molecular weight excluding hydrogens is 363 g/mol. The zero-order valence-corrected chi connectivity index (χ0v) is 15.9. The van der Waals surface area contributed by atoms with Gasteiger partial charge in [-0.1, -0.05) is 29.8 Å². The molecule has 0 saturated heterocycles. The second-order valence-corrected chi connectivity index (χ2v) is 5.77. The van der Waals surface area contributed by atoms with E-state index in [-0.39, 0.29) is 18.3 Å². The van der Waals surface area contributed by atoms with Crippen molar-refractivity contribution in [3.05, 3.63) is 58.6 Å². The van der Waals surface area contributed by atoms with Crippen molar-refractivity contribution in [1.29, 1.82) is 0 Å². The van der Waals surface area contributed by atoms with Crippen molar-refractivity contribution < 1.29 is 14.3 Å². The quantitative estimate of drug-likeness (QED) is 0.800. The van der Waals surface area contributed by atoms with Gasteiger partial charge in [0.25, 0.3) is 0 Å². The van der Waals surface area contributed by atoms with Gasteiger partial charge in [-0.2, -0.15) is 0 Å². The average Bonchev–Trinajstić information content (AvgIpc) is 2.59. The maximum atomic E-state index is 12.2. The molecular formula is C18H22Cl2N2O3. The number of hydrogen-bond donors (Lipinski definition) is 2. The first-order chi connectivity index (χ1) is 11.5. The third-order valence-electron chi connectivity index (χ3n) is 3.67. The molecule has 0 aliphatic heterocycles. The van der Waals surface area contributed by atoms with E-state index in [0.717, 1.165) is 11.1 Å². The number of nitrogens with one attached hydrogen (secondary N) is 1. The van der Waals surface area contributed by atoms with Crippen molar-refractivity contribution in [1.82, 2.24) is 5.32 Å². The van der Waals surface area contributed by atoms with E-state index in [2.05, 4.69) is 5.32 Å². The summed E-state index contributed by atoms with van der Waals surface area (Å²) in [5.74, 6) is 0.967. The molecule has 0 aromatic heterocycles. The highest BCUT2D eigenvalue weighted by Gasteiger charge is 2.24. The Morgan fingerprint density at radius 3 is 2.36 bits per heavy atom. The fourth-order valence-corrected chi connectivity index (χ4v) is 2.61.